The van der Waals surface area contributed by atoms with Crippen LogP contribution in [0.1, 0.15) is 26.0 Å². The van der Waals surface area contributed by atoms with Gasteiger partial charge in [-0.2, -0.15) is 4.98 Å². The minimum atomic E-state index is -0.495. The molecule has 2 unspecified atom stereocenters. The molecule has 1 fully saturated rings. The highest BCUT2D eigenvalue weighted by Crippen LogP contribution is 2.33. The number of methoxy groups -OCH3 is 2. The molecule has 0 saturated carbocycles. The number of carbonyl (C=O) groups excluding carboxylic acids is 1. The first-order valence-corrected chi connectivity index (χ1v) is 7.94. The Hall–Kier alpha value is -1.60. The molecule has 0 aliphatic carbocycles. The van der Waals surface area contributed by atoms with Crippen LogP contribution in [0, 0.1) is 5.92 Å². The van der Waals surface area contributed by atoms with Crippen molar-refractivity contribution in [3.63, 3.8) is 0 Å². The molecule has 0 spiro atoms. The largest absolute Gasteiger partial charge is 0.467 e. The molecule has 2 N–H and O–H groups in total. The molecule has 1 saturated heterocycles. The van der Waals surface area contributed by atoms with Crippen molar-refractivity contribution in [2.75, 3.05) is 31.4 Å². The van der Waals surface area contributed by atoms with Gasteiger partial charge in [0.25, 0.3) is 0 Å². The minimum Gasteiger partial charge on any atom is -0.467 e. The Morgan fingerprint density at radius 2 is 2.13 bits per heavy atom. The number of esters is 1. The van der Waals surface area contributed by atoms with Crippen LogP contribution in [0.2, 0.25) is 5.28 Å². The predicted molar refractivity (Wildman–Crippen MR) is 88.6 cm³/mol. The van der Waals surface area contributed by atoms with E-state index in [1.807, 2.05) is 0 Å². The van der Waals surface area contributed by atoms with Gasteiger partial charge in [-0.25, -0.2) is 9.78 Å². The molecule has 1 aliphatic heterocycles. The van der Waals surface area contributed by atoms with Gasteiger partial charge in [0, 0.05) is 20.1 Å². The van der Waals surface area contributed by atoms with Crippen molar-refractivity contribution in [3.05, 3.63) is 11.0 Å². The van der Waals surface area contributed by atoms with Crippen LogP contribution in [0.4, 0.5) is 11.5 Å². The molecule has 2 atom stereocenters. The van der Waals surface area contributed by atoms with Gasteiger partial charge in [0.05, 0.1) is 24.6 Å². The fourth-order valence-corrected chi connectivity index (χ4v) is 2.98. The molecule has 0 aromatic carbocycles. The molecule has 0 radical (unpaired) electrons. The van der Waals surface area contributed by atoms with E-state index in [1.54, 1.807) is 12.0 Å². The molecule has 2 heterocycles. The Kier molecular flexibility index (Phi) is 5.64. The van der Waals surface area contributed by atoms with Crippen molar-refractivity contribution in [2.24, 2.45) is 5.92 Å². The van der Waals surface area contributed by atoms with Crippen molar-refractivity contribution >= 4 is 29.1 Å². The Morgan fingerprint density at radius 1 is 1.43 bits per heavy atom. The summed E-state index contributed by atoms with van der Waals surface area (Å²) in [5.74, 6) is 0.498. The van der Waals surface area contributed by atoms with Gasteiger partial charge in [0.1, 0.15) is 6.04 Å². The van der Waals surface area contributed by atoms with Gasteiger partial charge in [-0.05, 0) is 23.9 Å². The monoisotopic (exact) mass is 342 g/mol. The molecule has 2 rings (SSSR count). The predicted octanol–water partition coefficient (Wildman–Crippen LogP) is 1.68. The lowest BCUT2D eigenvalue weighted by molar-refractivity contribution is -0.142. The number of nitrogens with zero attached hydrogens (tertiary/aromatic N) is 3. The molecule has 1 aliphatic rings. The first kappa shape index (κ1) is 17.7. The highest BCUT2D eigenvalue weighted by molar-refractivity contribution is 6.28. The van der Waals surface area contributed by atoms with E-state index < -0.39 is 6.04 Å². The van der Waals surface area contributed by atoms with Gasteiger partial charge in [-0.3, -0.25) is 0 Å². The molecule has 8 heteroatoms. The molecule has 23 heavy (non-hydrogen) atoms. The van der Waals surface area contributed by atoms with Gasteiger partial charge >= 0.3 is 5.97 Å². The summed E-state index contributed by atoms with van der Waals surface area (Å²) in [6.45, 7) is 4.64. The van der Waals surface area contributed by atoms with Crippen molar-refractivity contribution in [2.45, 2.75) is 38.8 Å². The SMILES string of the molecule is COC(=O)C1CC(OC)CN1c1nc(Cl)nc(CC(C)C)c1N. The number of nitrogen functional groups attached to an aromatic ring is 1. The second kappa shape index (κ2) is 7.31. The van der Waals surface area contributed by atoms with Crippen LogP contribution < -0.4 is 10.6 Å². The maximum Gasteiger partial charge on any atom is 0.328 e. The topological polar surface area (TPSA) is 90.6 Å². The first-order valence-electron chi connectivity index (χ1n) is 7.56. The normalized spacial score (nSPS) is 21.0. The zero-order chi connectivity index (χ0) is 17.1. The summed E-state index contributed by atoms with van der Waals surface area (Å²) in [4.78, 5) is 22.4. The summed E-state index contributed by atoms with van der Waals surface area (Å²) >= 11 is 6.06. The molecule has 1 aromatic heterocycles. The van der Waals surface area contributed by atoms with Crippen LogP contribution in [0.3, 0.4) is 0 Å². The number of anilines is 2. The van der Waals surface area contributed by atoms with Crippen LogP contribution >= 0.6 is 11.6 Å². The van der Waals surface area contributed by atoms with Crippen LogP contribution in [-0.2, 0) is 20.7 Å². The molecule has 128 valence electrons. The Labute approximate surface area is 141 Å². The van der Waals surface area contributed by atoms with Crippen LogP contribution in [-0.4, -0.2) is 48.8 Å². The average Bonchev–Trinajstić information content (AvgIpc) is 2.93. The number of nitrogens with two attached hydrogens (primary N) is 1. The molecule has 0 amide bonds. The zero-order valence-corrected chi connectivity index (χ0v) is 14.6. The summed E-state index contributed by atoms with van der Waals surface area (Å²) in [6.07, 6.45) is 1.11. The lowest BCUT2D eigenvalue weighted by atomic mass is 10.1. The third kappa shape index (κ3) is 3.84. The third-order valence-corrected chi connectivity index (χ3v) is 4.09. The van der Waals surface area contributed by atoms with E-state index in [2.05, 4.69) is 23.8 Å². The van der Waals surface area contributed by atoms with E-state index in [-0.39, 0.29) is 17.4 Å². The summed E-state index contributed by atoms with van der Waals surface area (Å²) < 4.78 is 10.3. The van der Waals surface area contributed by atoms with Gasteiger partial charge < -0.3 is 20.1 Å². The number of ether oxygens (including phenoxy) is 2. The van der Waals surface area contributed by atoms with Gasteiger partial charge in [-0.15, -0.1) is 0 Å². The number of hydrogen-bond donors (Lipinski definition) is 1. The fourth-order valence-electron chi connectivity index (χ4n) is 2.80. The van der Waals surface area contributed by atoms with Crippen LogP contribution in [0.5, 0.6) is 0 Å². The highest BCUT2D eigenvalue weighted by atomic mass is 35.5. The molecule has 7 nitrogen and oxygen atoms in total. The van der Waals surface area contributed by atoms with Crippen LogP contribution in [0.15, 0.2) is 0 Å². The minimum absolute atomic E-state index is 0.0965. The van der Waals surface area contributed by atoms with E-state index in [0.717, 1.165) is 0 Å². The number of aromatic nitrogens is 2. The smallest absolute Gasteiger partial charge is 0.328 e. The Bertz CT molecular complexity index is 582. The van der Waals surface area contributed by atoms with Crippen molar-refractivity contribution in [1.29, 1.82) is 0 Å². The second-order valence-corrected chi connectivity index (χ2v) is 6.40. The van der Waals surface area contributed by atoms with Crippen LogP contribution in [0.25, 0.3) is 0 Å². The lowest BCUT2D eigenvalue weighted by Gasteiger charge is -2.25. The molecule has 1 aromatic rings. The lowest BCUT2D eigenvalue weighted by Crippen LogP contribution is -2.38. The molecular weight excluding hydrogens is 320 g/mol. The zero-order valence-electron chi connectivity index (χ0n) is 13.9. The fraction of sp³-hybridized carbons (Fsp3) is 0.667. The van der Waals surface area contributed by atoms with E-state index in [0.29, 0.717) is 42.5 Å². The van der Waals surface area contributed by atoms with E-state index in [4.69, 9.17) is 26.8 Å². The maximum absolute atomic E-state index is 12.1. The molecular formula is C15H23ClN4O3. The average molecular weight is 343 g/mol. The van der Waals surface area contributed by atoms with E-state index in [9.17, 15) is 4.79 Å². The highest BCUT2D eigenvalue weighted by Gasteiger charge is 2.39. The summed E-state index contributed by atoms with van der Waals surface area (Å²) in [5.41, 5.74) is 7.40. The Morgan fingerprint density at radius 3 is 2.70 bits per heavy atom. The third-order valence-electron chi connectivity index (χ3n) is 3.92. The van der Waals surface area contributed by atoms with Crippen molar-refractivity contribution in [1.82, 2.24) is 9.97 Å². The number of halogens is 1. The van der Waals surface area contributed by atoms with Gasteiger partial charge in [0.15, 0.2) is 5.82 Å². The number of rotatable bonds is 5. The van der Waals surface area contributed by atoms with Gasteiger partial charge in [-0.1, -0.05) is 13.8 Å². The molecule has 0 bridgehead atoms. The van der Waals surface area contributed by atoms with E-state index >= 15 is 0 Å². The van der Waals surface area contributed by atoms with Crippen molar-refractivity contribution in [3.8, 4) is 0 Å². The standard InChI is InChI=1S/C15H23ClN4O3/c1-8(2)5-10-12(17)13(19-15(16)18-10)20-7-9(22-3)6-11(20)14(21)23-4/h8-9,11H,5-7,17H2,1-4H3. The van der Waals surface area contributed by atoms with E-state index in [1.165, 1.54) is 7.11 Å². The Balaban J connectivity index is 2.42. The maximum atomic E-state index is 12.1. The first-order chi connectivity index (χ1) is 10.9. The van der Waals surface area contributed by atoms with Gasteiger partial charge in [0.2, 0.25) is 5.28 Å². The number of carbonyl (C=O) groups is 1. The second-order valence-electron chi connectivity index (χ2n) is 6.06. The van der Waals surface area contributed by atoms with Crippen molar-refractivity contribution < 1.29 is 14.3 Å². The summed E-state index contributed by atoms with van der Waals surface area (Å²) in [6, 6.07) is -0.495. The summed E-state index contributed by atoms with van der Waals surface area (Å²) in [5, 5.41) is 0.120. The quantitative estimate of drug-likeness (QED) is 0.643. The summed E-state index contributed by atoms with van der Waals surface area (Å²) in [7, 11) is 2.98. The number of hydrogen-bond acceptors (Lipinski definition) is 7.